The molecule has 0 fully saturated rings. The van der Waals surface area contributed by atoms with Gasteiger partial charge in [0.15, 0.2) is 0 Å². The number of thiophene rings is 1. The average molecular weight is 379 g/mol. The van der Waals surface area contributed by atoms with Gasteiger partial charge in [-0.25, -0.2) is 4.98 Å². The van der Waals surface area contributed by atoms with E-state index in [0.29, 0.717) is 26.3 Å². The largest absolute Gasteiger partial charge is 0.495 e. The quantitative estimate of drug-likeness (QED) is 0.661. The third-order valence-corrected chi connectivity index (χ3v) is 5.95. The van der Waals surface area contributed by atoms with Gasteiger partial charge in [0.1, 0.15) is 15.6 Å². The van der Waals surface area contributed by atoms with E-state index in [-0.39, 0.29) is 5.91 Å². The molecule has 0 unspecified atom stereocenters. The smallest absolute Gasteiger partial charge is 0.267 e. The Hall–Kier alpha value is -1.89. The fourth-order valence-electron chi connectivity index (χ4n) is 2.24. The number of ether oxygens (including phenoxy) is 1. The Morgan fingerprint density at radius 3 is 2.67 bits per heavy atom. The van der Waals surface area contributed by atoms with Crippen molar-refractivity contribution in [3.63, 3.8) is 0 Å². The van der Waals surface area contributed by atoms with Crippen LogP contribution >= 0.6 is 34.3 Å². The number of nitrogens with one attached hydrogen (secondary N) is 1. The maximum Gasteiger partial charge on any atom is 0.267 e. The van der Waals surface area contributed by atoms with Crippen molar-refractivity contribution in [1.29, 1.82) is 0 Å². The number of aryl methyl sites for hydroxylation is 2. The van der Waals surface area contributed by atoms with E-state index in [2.05, 4.69) is 10.3 Å². The molecule has 4 nitrogen and oxygen atoms in total. The molecule has 7 heteroatoms. The summed E-state index contributed by atoms with van der Waals surface area (Å²) >= 11 is 8.78. The first-order chi connectivity index (χ1) is 11.5. The number of methoxy groups -OCH3 is 1. The van der Waals surface area contributed by atoms with Gasteiger partial charge in [-0.15, -0.1) is 22.7 Å². The molecule has 0 saturated heterocycles. The Morgan fingerprint density at radius 2 is 2.00 bits per heavy atom. The van der Waals surface area contributed by atoms with Crippen molar-refractivity contribution in [2.24, 2.45) is 0 Å². The molecular weight excluding hydrogens is 364 g/mol. The summed E-state index contributed by atoms with van der Waals surface area (Å²) in [4.78, 5) is 18.7. The van der Waals surface area contributed by atoms with Crippen molar-refractivity contribution in [2.45, 2.75) is 13.8 Å². The maximum atomic E-state index is 12.6. The van der Waals surface area contributed by atoms with Crippen LogP contribution in [-0.4, -0.2) is 18.0 Å². The van der Waals surface area contributed by atoms with Crippen LogP contribution < -0.4 is 10.1 Å². The Kier molecular flexibility index (Phi) is 4.89. The van der Waals surface area contributed by atoms with Gasteiger partial charge in [0.05, 0.1) is 27.7 Å². The van der Waals surface area contributed by atoms with Crippen LogP contribution in [0.1, 0.15) is 20.9 Å². The lowest BCUT2D eigenvalue weighted by Gasteiger charge is -2.10. The zero-order valence-corrected chi connectivity index (χ0v) is 15.7. The number of carbonyl (C=O) groups excluding carboxylic acids is 1. The summed E-state index contributed by atoms with van der Waals surface area (Å²) in [5, 5.41) is 3.71. The molecule has 0 atom stereocenters. The minimum absolute atomic E-state index is 0.192. The van der Waals surface area contributed by atoms with Crippen LogP contribution in [0.4, 0.5) is 5.69 Å². The minimum Gasteiger partial charge on any atom is -0.495 e. The Morgan fingerprint density at radius 1 is 1.21 bits per heavy atom. The first-order valence-electron chi connectivity index (χ1n) is 7.17. The van der Waals surface area contributed by atoms with E-state index in [0.717, 1.165) is 15.4 Å². The predicted octanol–water partition coefficient (Wildman–Crippen LogP) is 5.40. The molecule has 1 aromatic carbocycles. The predicted molar refractivity (Wildman–Crippen MR) is 101 cm³/mol. The molecule has 3 aromatic rings. The molecule has 0 aliphatic carbocycles. The standard InChI is InChI=1S/C17H15ClN2O2S2/c1-9-4-5-12(22-3)11(8-9)20-16(21)15-10(2)19-17(24-15)13-6-7-14(18)23-13/h4-8H,1-3H3,(H,20,21). The SMILES string of the molecule is COc1ccc(C)cc1NC(=O)c1sc(-c2ccc(Cl)s2)nc1C. The van der Waals surface area contributed by atoms with Crippen molar-refractivity contribution < 1.29 is 9.53 Å². The average Bonchev–Trinajstić information content (AvgIpc) is 3.13. The molecule has 124 valence electrons. The van der Waals surface area contributed by atoms with E-state index < -0.39 is 0 Å². The topological polar surface area (TPSA) is 51.2 Å². The van der Waals surface area contributed by atoms with Crippen molar-refractivity contribution in [3.8, 4) is 15.6 Å². The molecule has 0 radical (unpaired) electrons. The number of thiazole rings is 1. The monoisotopic (exact) mass is 378 g/mol. The number of nitrogens with zero attached hydrogens (tertiary/aromatic N) is 1. The van der Waals surface area contributed by atoms with Crippen LogP contribution in [-0.2, 0) is 0 Å². The highest BCUT2D eigenvalue weighted by Gasteiger charge is 2.18. The fourth-order valence-corrected chi connectivity index (χ4v) is 4.30. The van der Waals surface area contributed by atoms with Crippen LogP contribution in [0.15, 0.2) is 30.3 Å². The first kappa shape index (κ1) is 17.0. The zero-order chi connectivity index (χ0) is 17.3. The molecule has 2 aromatic heterocycles. The Bertz CT molecular complexity index is 902. The minimum atomic E-state index is -0.192. The molecule has 0 aliphatic heterocycles. The molecule has 3 rings (SSSR count). The van der Waals surface area contributed by atoms with E-state index >= 15 is 0 Å². The lowest BCUT2D eigenvalue weighted by molar-refractivity contribution is 0.102. The van der Waals surface area contributed by atoms with E-state index in [1.807, 2.05) is 44.2 Å². The number of hydrogen-bond acceptors (Lipinski definition) is 5. The van der Waals surface area contributed by atoms with Gasteiger partial charge >= 0.3 is 0 Å². The highest BCUT2D eigenvalue weighted by molar-refractivity contribution is 7.24. The van der Waals surface area contributed by atoms with E-state index in [4.69, 9.17) is 16.3 Å². The van der Waals surface area contributed by atoms with Gasteiger partial charge in [-0.2, -0.15) is 0 Å². The maximum absolute atomic E-state index is 12.6. The van der Waals surface area contributed by atoms with E-state index in [9.17, 15) is 4.79 Å². The summed E-state index contributed by atoms with van der Waals surface area (Å²) in [6, 6.07) is 9.40. The highest BCUT2D eigenvalue weighted by atomic mass is 35.5. The van der Waals surface area contributed by atoms with Crippen molar-refractivity contribution in [1.82, 2.24) is 4.98 Å². The lowest BCUT2D eigenvalue weighted by Crippen LogP contribution is -2.12. The molecular formula is C17H15ClN2O2S2. The number of hydrogen-bond donors (Lipinski definition) is 1. The number of carbonyl (C=O) groups is 1. The number of aromatic nitrogens is 1. The first-order valence-corrected chi connectivity index (χ1v) is 9.18. The number of rotatable bonds is 4. The van der Waals surface area contributed by atoms with Gasteiger partial charge in [0, 0.05) is 0 Å². The number of benzene rings is 1. The molecule has 0 aliphatic rings. The van der Waals surface area contributed by atoms with Gasteiger partial charge in [-0.05, 0) is 43.7 Å². The molecule has 24 heavy (non-hydrogen) atoms. The fraction of sp³-hybridized carbons (Fsp3) is 0.176. The van der Waals surface area contributed by atoms with Crippen LogP contribution in [0.2, 0.25) is 4.34 Å². The van der Waals surface area contributed by atoms with E-state index in [1.54, 1.807) is 7.11 Å². The normalized spacial score (nSPS) is 10.7. The number of amides is 1. The van der Waals surface area contributed by atoms with Gasteiger partial charge in [0.2, 0.25) is 0 Å². The number of halogens is 1. The van der Waals surface area contributed by atoms with Crippen molar-refractivity contribution in [2.75, 3.05) is 12.4 Å². The molecule has 0 spiro atoms. The molecule has 1 N–H and O–H groups in total. The summed E-state index contributed by atoms with van der Waals surface area (Å²) in [6.07, 6.45) is 0. The van der Waals surface area contributed by atoms with Crippen molar-refractivity contribution in [3.05, 3.63) is 50.8 Å². The second kappa shape index (κ2) is 6.93. The van der Waals surface area contributed by atoms with Crippen LogP contribution in [0.5, 0.6) is 5.75 Å². The summed E-state index contributed by atoms with van der Waals surface area (Å²) in [6.45, 7) is 3.79. The van der Waals surface area contributed by atoms with Gasteiger partial charge < -0.3 is 10.1 Å². The lowest BCUT2D eigenvalue weighted by atomic mass is 10.2. The second-order valence-corrected chi connectivity index (χ2v) is 7.91. The zero-order valence-electron chi connectivity index (χ0n) is 13.3. The second-order valence-electron chi connectivity index (χ2n) is 5.20. The number of anilines is 1. The van der Waals surface area contributed by atoms with Crippen molar-refractivity contribution >= 4 is 45.9 Å². The van der Waals surface area contributed by atoms with Gasteiger partial charge in [-0.3, -0.25) is 4.79 Å². The summed E-state index contributed by atoms with van der Waals surface area (Å²) < 4.78 is 6.01. The third-order valence-electron chi connectivity index (χ3n) is 3.39. The van der Waals surface area contributed by atoms with Gasteiger partial charge in [0.25, 0.3) is 5.91 Å². The van der Waals surface area contributed by atoms with Crippen LogP contribution in [0.3, 0.4) is 0 Å². The van der Waals surface area contributed by atoms with Gasteiger partial charge in [-0.1, -0.05) is 17.7 Å². The Labute approximate surface area is 153 Å². The summed E-state index contributed by atoms with van der Waals surface area (Å²) in [5.74, 6) is 0.434. The molecule has 0 saturated carbocycles. The molecule has 0 bridgehead atoms. The molecule has 2 heterocycles. The molecule has 1 amide bonds. The summed E-state index contributed by atoms with van der Waals surface area (Å²) in [7, 11) is 1.58. The van der Waals surface area contributed by atoms with E-state index in [1.165, 1.54) is 22.7 Å². The van der Waals surface area contributed by atoms with Crippen LogP contribution in [0, 0.1) is 13.8 Å². The van der Waals surface area contributed by atoms with Crippen LogP contribution in [0.25, 0.3) is 9.88 Å². The third kappa shape index (κ3) is 3.45. The summed E-state index contributed by atoms with van der Waals surface area (Å²) in [5.41, 5.74) is 2.39. The highest BCUT2D eigenvalue weighted by Crippen LogP contribution is 2.35. The Balaban J connectivity index is 1.88.